The van der Waals surface area contributed by atoms with E-state index in [0.717, 1.165) is 18.6 Å². The summed E-state index contributed by atoms with van der Waals surface area (Å²) in [5.41, 5.74) is 3.15. The molecule has 0 fully saturated rings. The molecule has 0 radical (unpaired) electrons. The zero-order chi connectivity index (χ0) is 14.2. The molecule has 0 atom stereocenters. The molecule has 0 aliphatic rings. The van der Waals surface area contributed by atoms with E-state index in [-0.39, 0.29) is 5.91 Å². The lowest BCUT2D eigenvalue weighted by molar-refractivity contribution is 0.0955. The lowest BCUT2D eigenvalue weighted by Gasteiger charge is -1.94. The van der Waals surface area contributed by atoms with Crippen LogP contribution in [-0.4, -0.2) is 12.1 Å². The number of furan rings is 1. The van der Waals surface area contributed by atoms with E-state index in [1.807, 2.05) is 23.6 Å². The van der Waals surface area contributed by atoms with Gasteiger partial charge in [0, 0.05) is 16.5 Å². The first-order chi connectivity index (χ1) is 9.79. The molecule has 0 spiro atoms. The van der Waals surface area contributed by atoms with Crippen LogP contribution in [0.15, 0.2) is 45.4 Å². The molecule has 2 aromatic rings. The third-order valence-electron chi connectivity index (χ3n) is 2.54. The highest BCUT2D eigenvalue weighted by Gasteiger charge is 2.06. The molecule has 0 saturated carbocycles. The third kappa shape index (κ3) is 4.20. The van der Waals surface area contributed by atoms with E-state index in [0.29, 0.717) is 5.56 Å². The predicted molar refractivity (Wildman–Crippen MR) is 82.0 cm³/mol. The summed E-state index contributed by atoms with van der Waals surface area (Å²) in [5.74, 6) is 0.552. The maximum atomic E-state index is 11.8. The predicted octanol–water partition coefficient (Wildman–Crippen LogP) is 3.72. The fourth-order valence-corrected chi connectivity index (χ4v) is 2.58. The molecule has 5 heteroatoms. The van der Waals surface area contributed by atoms with E-state index < -0.39 is 0 Å². The first-order valence-electron chi connectivity index (χ1n) is 6.40. The van der Waals surface area contributed by atoms with Crippen LogP contribution in [0.4, 0.5) is 0 Å². The maximum Gasteiger partial charge on any atom is 0.272 e. The van der Waals surface area contributed by atoms with Gasteiger partial charge in [0.25, 0.3) is 5.91 Å². The minimum Gasteiger partial charge on any atom is -0.465 e. The fourth-order valence-electron chi connectivity index (χ4n) is 1.60. The van der Waals surface area contributed by atoms with Crippen LogP contribution in [0.3, 0.4) is 0 Å². The van der Waals surface area contributed by atoms with Gasteiger partial charge < -0.3 is 4.42 Å². The third-order valence-corrected chi connectivity index (χ3v) is 3.54. The van der Waals surface area contributed by atoms with Gasteiger partial charge in [0.2, 0.25) is 0 Å². The summed E-state index contributed by atoms with van der Waals surface area (Å²) in [7, 11) is 0. The smallest absolute Gasteiger partial charge is 0.272 e. The normalized spacial score (nSPS) is 11.4. The van der Waals surface area contributed by atoms with E-state index >= 15 is 0 Å². The summed E-state index contributed by atoms with van der Waals surface area (Å²) in [6.07, 6.45) is 8.67. The van der Waals surface area contributed by atoms with Gasteiger partial charge in [-0.3, -0.25) is 4.79 Å². The number of nitrogens with zero attached hydrogens (tertiary/aromatic N) is 1. The van der Waals surface area contributed by atoms with E-state index in [1.165, 1.54) is 11.1 Å². The Morgan fingerprint density at radius 3 is 3.20 bits per heavy atom. The molecule has 1 amide bonds. The fraction of sp³-hybridized carbons (Fsp3) is 0.200. The number of aryl methyl sites for hydroxylation is 1. The van der Waals surface area contributed by atoms with Gasteiger partial charge in [-0.1, -0.05) is 13.3 Å². The van der Waals surface area contributed by atoms with Crippen molar-refractivity contribution in [3.05, 3.63) is 52.1 Å². The maximum absolute atomic E-state index is 11.8. The quantitative estimate of drug-likeness (QED) is 0.650. The molecule has 0 bridgehead atoms. The van der Waals surface area contributed by atoms with E-state index in [1.54, 1.807) is 29.8 Å². The van der Waals surface area contributed by atoms with Gasteiger partial charge in [-0.2, -0.15) is 5.10 Å². The topological polar surface area (TPSA) is 54.6 Å². The van der Waals surface area contributed by atoms with E-state index in [9.17, 15) is 4.79 Å². The molecule has 0 saturated heterocycles. The number of amides is 1. The zero-order valence-electron chi connectivity index (χ0n) is 11.2. The number of hydrogen-bond donors (Lipinski definition) is 1. The molecule has 20 heavy (non-hydrogen) atoms. The summed E-state index contributed by atoms with van der Waals surface area (Å²) in [6.45, 7) is 2.12. The van der Waals surface area contributed by atoms with Gasteiger partial charge in [0.15, 0.2) is 0 Å². The van der Waals surface area contributed by atoms with Crippen LogP contribution in [0.1, 0.15) is 34.3 Å². The number of thiophene rings is 1. The van der Waals surface area contributed by atoms with Crippen LogP contribution < -0.4 is 5.43 Å². The second kappa shape index (κ2) is 7.45. The lowest BCUT2D eigenvalue weighted by Crippen LogP contribution is -2.16. The van der Waals surface area contributed by atoms with Gasteiger partial charge in [0.05, 0.1) is 11.8 Å². The van der Waals surface area contributed by atoms with Crippen LogP contribution in [0.2, 0.25) is 0 Å². The molecular formula is C15H16N2O2S. The van der Waals surface area contributed by atoms with Gasteiger partial charge in [-0.15, -0.1) is 11.3 Å². The van der Waals surface area contributed by atoms with Crippen molar-refractivity contribution < 1.29 is 9.21 Å². The van der Waals surface area contributed by atoms with E-state index in [2.05, 4.69) is 17.5 Å². The van der Waals surface area contributed by atoms with Gasteiger partial charge in [-0.25, -0.2) is 5.43 Å². The van der Waals surface area contributed by atoms with Crippen molar-refractivity contribution in [2.24, 2.45) is 5.10 Å². The summed E-state index contributed by atoms with van der Waals surface area (Å²) < 4.78 is 5.12. The number of allylic oxidation sites excluding steroid dienone is 1. The van der Waals surface area contributed by atoms with Crippen molar-refractivity contribution in [1.82, 2.24) is 5.43 Å². The van der Waals surface area contributed by atoms with Crippen LogP contribution in [0.5, 0.6) is 0 Å². The molecule has 104 valence electrons. The average molecular weight is 288 g/mol. The number of carbonyl (C=O) groups excluding carboxylic acids is 1. The molecule has 0 aromatic carbocycles. The number of nitrogens with one attached hydrogen (secondary N) is 1. The largest absolute Gasteiger partial charge is 0.465 e. The molecule has 0 aliphatic carbocycles. The first-order valence-corrected chi connectivity index (χ1v) is 7.28. The minimum atomic E-state index is -0.189. The Morgan fingerprint density at radius 2 is 2.45 bits per heavy atom. The summed E-state index contributed by atoms with van der Waals surface area (Å²) in [6, 6.07) is 5.56. The summed E-state index contributed by atoms with van der Waals surface area (Å²) in [4.78, 5) is 13.0. The number of carbonyl (C=O) groups is 1. The van der Waals surface area contributed by atoms with Crippen molar-refractivity contribution in [3.63, 3.8) is 0 Å². The van der Waals surface area contributed by atoms with E-state index in [4.69, 9.17) is 4.42 Å². The van der Waals surface area contributed by atoms with Crippen LogP contribution >= 0.6 is 11.3 Å². The molecule has 2 heterocycles. The van der Waals surface area contributed by atoms with Crippen molar-refractivity contribution in [2.75, 3.05) is 0 Å². The molecule has 0 aliphatic heterocycles. The minimum absolute atomic E-state index is 0.189. The zero-order valence-corrected chi connectivity index (χ0v) is 12.0. The first kappa shape index (κ1) is 14.3. The Kier molecular flexibility index (Phi) is 5.32. The SMILES string of the molecule is CCCc1cc(C(=O)N/N=C\C=C\c2ccco2)cs1. The van der Waals surface area contributed by atoms with Gasteiger partial charge in [-0.05, 0) is 36.8 Å². The molecule has 2 aromatic heterocycles. The monoisotopic (exact) mass is 288 g/mol. The van der Waals surface area contributed by atoms with Crippen LogP contribution in [-0.2, 0) is 6.42 Å². The Morgan fingerprint density at radius 1 is 1.55 bits per heavy atom. The second-order valence-electron chi connectivity index (χ2n) is 4.15. The van der Waals surface area contributed by atoms with Crippen LogP contribution in [0.25, 0.3) is 6.08 Å². The summed E-state index contributed by atoms with van der Waals surface area (Å²) >= 11 is 1.61. The highest BCUT2D eigenvalue weighted by atomic mass is 32.1. The van der Waals surface area contributed by atoms with Gasteiger partial charge in [0.1, 0.15) is 5.76 Å². The van der Waals surface area contributed by atoms with Crippen molar-refractivity contribution in [1.29, 1.82) is 0 Å². The number of rotatable bonds is 6. The lowest BCUT2D eigenvalue weighted by atomic mass is 10.2. The molecule has 2 rings (SSSR count). The van der Waals surface area contributed by atoms with Crippen molar-refractivity contribution in [3.8, 4) is 0 Å². The van der Waals surface area contributed by atoms with Crippen molar-refractivity contribution in [2.45, 2.75) is 19.8 Å². The highest BCUT2D eigenvalue weighted by molar-refractivity contribution is 7.10. The number of hydrazone groups is 1. The molecule has 4 nitrogen and oxygen atoms in total. The Hall–Kier alpha value is -2.14. The molecule has 0 unspecified atom stereocenters. The average Bonchev–Trinajstić information content (AvgIpc) is 3.10. The standard InChI is InChI=1S/C15H16N2O2S/c1-2-5-14-10-12(11-20-14)15(18)17-16-8-3-6-13-7-4-9-19-13/h3-4,6-11H,2,5H2,1H3,(H,17,18)/b6-3+,16-8-. The van der Waals surface area contributed by atoms with Crippen LogP contribution in [0, 0.1) is 0 Å². The van der Waals surface area contributed by atoms with Crippen molar-refractivity contribution >= 4 is 29.5 Å². The summed E-state index contributed by atoms with van der Waals surface area (Å²) in [5, 5.41) is 5.71. The number of hydrogen-bond acceptors (Lipinski definition) is 4. The Bertz CT molecular complexity index is 597. The Balaban J connectivity index is 1.82. The Labute approximate surface area is 121 Å². The highest BCUT2D eigenvalue weighted by Crippen LogP contribution is 2.16. The second-order valence-corrected chi connectivity index (χ2v) is 5.14. The molecular weight excluding hydrogens is 272 g/mol. The molecule has 1 N–H and O–H groups in total. The van der Waals surface area contributed by atoms with Gasteiger partial charge >= 0.3 is 0 Å².